The molecule has 28 heavy (non-hydrogen) atoms. The van der Waals surface area contributed by atoms with Crippen LogP contribution in [0, 0.1) is 6.92 Å². The van der Waals surface area contributed by atoms with E-state index in [1.807, 2.05) is 0 Å². The van der Waals surface area contributed by atoms with E-state index in [0.29, 0.717) is 11.8 Å². The number of nitrogens with zero attached hydrogens (tertiary/aromatic N) is 2. The Morgan fingerprint density at radius 2 is 1.86 bits per heavy atom. The van der Waals surface area contributed by atoms with Gasteiger partial charge in [0.1, 0.15) is 11.3 Å². The second-order valence-electron chi connectivity index (χ2n) is 6.86. The highest BCUT2D eigenvalue weighted by molar-refractivity contribution is 7.17. The standard InChI is InChI=1S/C17H17F5N2O3S/c1-9-12(23-27-13(9)17(20,21)22)10-3-4-11(28-10)14(25)24-7-5-16(26,6-8-24)15(2,18)19/h3-4,26H,5-8H2,1-2H3. The van der Waals surface area contributed by atoms with Gasteiger partial charge in [-0.2, -0.15) is 13.2 Å². The van der Waals surface area contributed by atoms with E-state index in [-0.39, 0.29) is 42.1 Å². The molecule has 0 atom stereocenters. The molecular weight excluding hydrogens is 407 g/mol. The van der Waals surface area contributed by atoms with Gasteiger partial charge in [-0.3, -0.25) is 4.79 Å². The zero-order chi connectivity index (χ0) is 20.9. The Balaban J connectivity index is 1.75. The number of aromatic nitrogens is 1. The number of amides is 1. The van der Waals surface area contributed by atoms with Gasteiger partial charge in [0.15, 0.2) is 0 Å². The number of likely N-dealkylation sites (tertiary alicyclic amines) is 1. The van der Waals surface area contributed by atoms with E-state index >= 15 is 0 Å². The molecule has 0 radical (unpaired) electrons. The fraction of sp³-hybridized carbons (Fsp3) is 0.529. The molecule has 1 fully saturated rings. The quantitative estimate of drug-likeness (QED) is 0.744. The van der Waals surface area contributed by atoms with Crippen LogP contribution in [0.5, 0.6) is 0 Å². The Morgan fingerprint density at radius 3 is 2.36 bits per heavy atom. The van der Waals surface area contributed by atoms with E-state index in [9.17, 15) is 31.9 Å². The van der Waals surface area contributed by atoms with Crippen LogP contribution >= 0.6 is 11.3 Å². The Labute approximate surface area is 160 Å². The van der Waals surface area contributed by atoms with Gasteiger partial charge >= 0.3 is 6.18 Å². The van der Waals surface area contributed by atoms with Crippen molar-refractivity contribution >= 4 is 17.2 Å². The number of hydrogen-bond acceptors (Lipinski definition) is 5. The maximum absolute atomic E-state index is 13.5. The molecule has 0 bridgehead atoms. The Morgan fingerprint density at radius 1 is 1.25 bits per heavy atom. The van der Waals surface area contributed by atoms with E-state index < -0.39 is 29.4 Å². The SMILES string of the molecule is Cc1c(-c2ccc(C(=O)N3CCC(O)(C(C)(F)F)CC3)s2)noc1C(F)(F)F. The lowest BCUT2D eigenvalue weighted by atomic mass is 9.86. The van der Waals surface area contributed by atoms with Crippen LogP contribution in [0.2, 0.25) is 0 Å². The number of aliphatic hydroxyl groups is 1. The lowest BCUT2D eigenvalue weighted by Gasteiger charge is -2.41. The number of thiophene rings is 1. The highest BCUT2D eigenvalue weighted by Gasteiger charge is 2.50. The summed E-state index contributed by atoms with van der Waals surface area (Å²) < 4.78 is 69.9. The third-order valence-corrected chi connectivity index (χ3v) is 6.01. The fourth-order valence-corrected chi connectivity index (χ4v) is 4.10. The smallest absolute Gasteiger partial charge is 0.383 e. The summed E-state index contributed by atoms with van der Waals surface area (Å²) in [4.78, 5) is 14.5. The van der Waals surface area contributed by atoms with Crippen LogP contribution in [-0.4, -0.2) is 45.7 Å². The van der Waals surface area contributed by atoms with Crippen LogP contribution in [0.4, 0.5) is 22.0 Å². The van der Waals surface area contributed by atoms with Gasteiger partial charge in [-0.15, -0.1) is 11.3 Å². The highest BCUT2D eigenvalue weighted by Crippen LogP contribution is 2.39. The largest absolute Gasteiger partial charge is 0.452 e. The minimum atomic E-state index is -4.67. The summed E-state index contributed by atoms with van der Waals surface area (Å²) in [6, 6.07) is 2.91. The molecule has 1 amide bonds. The predicted molar refractivity (Wildman–Crippen MR) is 90.3 cm³/mol. The van der Waals surface area contributed by atoms with Gasteiger partial charge in [-0.1, -0.05) is 5.16 Å². The van der Waals surface area contributed by atoms with Crippen molar-refractivity contribution in [1.82, 2.24) is 10.1 Å². The average Bonchev–Trinajstić information content (AvgIpc) is 3.20. The van der Waals surface area contributed by atoms with E-state index in [1.54, 1.807) is 0 Å². The van der Waals surface area contributed by atoms with Gasteiger partial charge in [0.25, 0.3) is 11.8 Å². The fourth-order valence-electron chi connectivity index (χ4n) is 3.08. The van der Waals surface area contributed by atoms with Crippen LogP contribution in [-0.2, 0) is 6.18 Å². The zero-order valence-electron chi connectivity index (χ0n) is 14.9. The molecule has 2 aromatic rings. The van der Waals surface area contributed by atoms with Crippen LogP contribution in [0.25, 0.3) is 10.6 Å². The van der Waals surface area contributed by atoms with Gasteiger partial charge in [-0.25, -0.2) is 8.78 Å². The lowest BCUT2D eigenvalue weighted by Crippen LogP contribution is -2.54. The van der Waals surface area contributed by atoms with E-state index in [4.69, 9.17) is 0 Å². The van der Waals surface area contributed by atoms with Crippen LogP contribution < -0.4 is 0 Å². The predicted octanol–water partition coefficient (Wildman–Crippen LogP) is 4.35. The topological polar surface area (TPSA) is 66.6 Å². The first-order valence-corrected chi connectivity index (χ1v) is 9.18. The molecule has 1 N–H and O–H groups in total. The molecule has 3 heterocycles. The molecule has 2 aromatic heterocycles. The molecule has 1 aliphatic rings. The minimum Gasteiger partial charge on any atom is -0.383 e. The third kappa shape index (κ3) is 3.64. The summed E-state index contributed by atoms with van der Waals surface area (Å²) in [6.07, 6.45) is -5.20. The summed E-state index contributed by atoms with van der Waals surface area (Å²) in [5.41, 5.74) is -2.34. The monoisotopic (exact) mass is 424 g/mol. The summed E-state index contributed by atoms with van der Waals surface area (Å²) in [7, 11) is 0. The molecule has 0 aromatic carbocycles. The molecule has 1 saturated heterocycles. The molecule has 5 nitrogen and oxygen atoms in total. The Kier molecular flexibility index (Phi) is 5.03. The Bertz CT molecular complexity index is 876. The molecule has 0 aliphatic carbocycles. The average molecular weight is 424 g/mol. The first-order valence-electron chi connectivity index (χ1n) is 8.37. The Hall–Kier alpha value is -2.01. The van der Waals surface area contributed by atoms with E-state index in [1.165, 1.54) is 24.0 Å². The van der Waals surface area contributed by atoms with E-state index in [0.717, 1.165) is 11.3 Å². The first-order chi connectivity index (χ1) is 12.8. The van der Waals surface area contributed by atoms with Crippen molar-refractivity contribution in [1.29, 1.82) is 0 Å². The number of halogens is 5. The molecule has 0 spiro atoms. The molecule has 0 unspecified atom stereocenters. The maximum atomic E-state index is 13.5. The van der Waals surface area contributed by atoms with Crippen molar-refractivity contribution in [2.45, 2.75) is 44.4 Å². The van der Waals surface area contributed by atoms with Gasteiger partial charge in [0, 0.05) is 25.6 Å². The second-order valence-corrected chi connectivity index (χ2v) is 7.94. The summed E-state index contributed by atoms with van der Waals surface area (Å²) in [6.45, 7) is 1.78. The van der Waals surface area contributed by atoms with Crippen molar-refractivity contribution in [3.63, 3.8) is 0 Å². The van der Waals surface area contributed by atoms with Crippen molar-refractivity contribution in [2.75, 3.05) is 13.1 Å². The van der Waals surface area contributed by atoms with Gasteiger partial charge in [0.2, 0.25) is 5.76 Å². The normalized spacial score (nSPS) is 17.8. The van der Waals surface area contributed by atoms with Crippen molar-refractivity contribution in [2.24, 2.45) is 0 Å². The molecule has 3 rings (SSSR count). The maximum Gasteiger partial charge on any atom is 0.452 e. The van der Waals surface area contributed by atoms with E-state index in [2.05, 4.69) is 9.68 Å². The van der Waals surface area contributed by atoms with Crippen LogP contribution in [0.15, 0.2) is 16.7 Å². The lowest BCUT2D eigenvalue weighted by molar-refractivity contribution is -0.187. The number of alkyl halides is 5. The second kappa shape index (κ2) is 6.80. The van der Waals surface area contributed by atoms with Crippen molar-refractivity contribution < 1.29 is 36.4 Å². The summed E-state index contributed by atoms with van der Waals surface area (Å²) in [5, 5.41) is 13.5. The van der Waals surface area contributed by atoms with Crippen molar-refractivity contribution in [3.05, 3.63) is 28.3 Å². The van der Waals surface area contributed by atoms with Crippen molar-refractivity contribution in [3.8, 4) is 10.6 Å². The molecule has 11 heteroatoms. The number of piperidine rings is 1. The molecule has 0 saturated carbocycles. The first kappa shape index (κ1) is 20.7. The molecular formula is C17H17F5N2O3S. The van der Waals surface area contributed by atoms with Gasteiger partial charge in [-0.05, 0) is 31.9 Å². The van der Waals surface area contributed by atoms with Gasteiger partial charge < -0.3 is 14.5 Å². The minimum absolute atomic E-state index is 0.00461. The summed E-state index contributed by atoms with van der Waals surface area (Å²) in [5.74, 6) is -4.91. The molecule has 1 aliphatic heterocycles. The zero-order valence-corrected chi connectivity index (χ0v) is 15.8. The third-order valence-electron chi connectivity index (χ3n) is 4.93. The van der Waals surface area contributed by atoms with Crippen LogP contribution in [0.1, 0.15) is 40.8 Å². The highest BCUT2D eigenvalue weighted by atomic mass is 32.1. The number of carbonyl (C=O) groups excluding carboxylic acids is 1. The van der Waals surface area contributed by atoms with Crippen LogP contribution in [0.3, 0.4) is 0 Å². The number of carbonyl (C=O) groups is 1. The number of hydrogen-bond donors (Lipinski definition) is 1. The summed E-state index contributed by atoms with van der Waals surface area (Å²) >= 11 is 0.940. The number of rotatable bonds is 3. The molecule has 154 valence electrons. The van der Waals surface area contributed by atoms with Gasteiger partial charge in [0.05, 0.1) is 9.75 Å².